The Morgan fingerprint density at radius 2 is 2.35 bits per heavy atom. The highest BCUT2D eigenvalue weighted by molar-refractivity contribution is 9.10. The van der Waals surface area contributed by atoms with Crippen LogP contribution < -0.4 is 10.1 Å². The molecule has 2 aromatic rings. The molecule has 1 saturated heterocycles. The van der Waals surface area contributed by atoms with Crippen LogP contribution >= 0.6 is 15.9 Å². The van der Waals surface area contributed by atoms with Crippen LogP contribution in [0.4, 0.5) is 0 Å². The quantitative estimate of drug-likeness (QED) is 0.888. The molecule has 2 heterocycles. The van der Waals surface area contributed by atoms with Gasteiger partial charge in [0.1, 0.15) is 5.75 Å². The van der Waals surface area contributed by atoms with E-state index in [2.05, 4.69) is 31.4 Å². The first-order valence-electron chi connectivity index (χ1n) is 6.26. The molecule has 2 N–H and O–H groups in total. The van der Waals surface area contributed by atoms with Crippen LogP contribution in [0.2, 0.25) is 0 Å². The van der Waals surface area contributed by atoms with Crippen LogP contribution in [0.3, 0.4) is 0 Å². The predicted octanol–water partition coefficient (Wildman–Crippen LogP) is 1.90. The molecule has 1 aromatic carbocycles. The largest absolute Gasteiger partial charge is 0.496 e. The average Bonchev–Trinajstić information content (AvgIpc) is 3.07. The van der Waals surface area contributed by atoms with E-state index in [4.69, 9.17) is 9.26 Å². The first-order valence-corrected chi connectivity index (χ1v) is 7.05. The molecule has 1 aromatic heterocycles. The number of β-amino-alcohol motifs (C(OH)–C–C–N with tert-alkyl or cyclic N) is 1. The number of methoxy groups -OCH3 is 1. The second-order valence-electron chi connectivity index (χ2n) is 4.66. The molecule has 20 heavy (non-hydrogen) atoms. The molecule has 0 unspecified atom stereocenters. The molecule has 0 bridgehead atoms. The number of hydrogen-bond donors (Lipinski definition) is 2. The minimum Gasteiger partial charge on any atom is -0.496 e. The Hall–Kier alpha value is -1.44. The lowest BCUT2D eigenvalue weighted by atomic mass is 10.2. The van der Waals surface area contributed by atoms with Crippen LogP contribution in [0.15, 0.2) is 27.2 Å². The van der Waals surface area contributed by atoms with Gasteiger partial charge in [-0.25, -0.2) is 0 Å². The molecule has 0 saturated carbocycles. The van der Waals surface area contributed by atoms with Crippen molar-refractivity contribution in [2.24, 2.45) is 0 Å². The van der Waals surface area contributed by atoms with Crippen molar-refractivity contribution in [2.45, 2.75) is 18.6 Å². The third kappa shape index (κ3) is 2.56. The van der Waals surface area contributed by atoms with E-state index in [1.54, 1.807) is 7.11 Å². The SMILES string of the molecule is COc1ccc(-c2noc([C@H]3C[C@@H](O)CN3)n2)cc1Br. The number of aliphatic hydroxyl groups is 1. The van der Waals surface area contributed by atoms with Crippen molar-refractivity contribution < 1.29 is 14.4 Å². The van der Waals surface area contributed by atoms with Gasteiger partial charge in [0.15, 0.2) is 0 Å². The zero-order valence-corrected chi connectivity index (χ0v) is 12.4. The molecule has 0 spiro atoms. The van der Waals surface area contributed by atoms with Crippen LogP contribution in [0, 0.1) is 0 Å². The van der Waals surface area contributed by atoms with Crippen molar-refractivity contribution in [2.75, 3.05) is 13.7 Å². The summed E-state index contributed by atoms with van der Waals surface area (Å²) in [5.74, 6) is 1.77. The summed E-state index contributed by atoms with van der Waals surface area (Å²) in [4.78, 5) is 4.38. The topological polar surface area (TPSA) is 80.4 Å². The molecule has 1 aliphatic rings. The number of rotatable bonds is 3. The highest BCUT2D eigenvalue weighted by atomic mass is 79.9. The summed E-state index contributed by atoms with van der Waals surface area (Å²) in [5, 5.41) is 16.6. The summed E-state index contributed by atoms with van der Waals surface area (Å²) < 4.78 is 11.3. The Morgan fingerprint density at radius 3 is 3.00 bits per heavy atom. The van der Waals surface area contributed by atoms with E-state index >= 15 is 0 Å². The van der Waals surface area contributed by atoms with Gasteiger partial charge in [0, 0.05) is 12.1 Å². The predicted molar refractivity (Wildman–Crippen MR) is 75.4 cm³/mol. The lowest BCUT2D eigenvalue weighted by molar-refractivity contribution is 0.191. The molecule has 0 radical (unpaired) electrons. The fraction of sp³-hybridized carbons (Fsp3) is 0.385. The van der Waals surface area contributed by atoms with E-state index in [1.165, 1.54) is 0 Å². The van der Waals surface area contributed by atoms with Gasteiger partial charge in [0.25, 0.3) is 0 Å². The number of aromatic nitrogens is 2. The van der Waals surface area contributed by atoms with Gasteiger partial charge in [0.2, 0.25) is 11.7 Å². The molecule has 1 fully saturated rings. The van der Waals surface area contributed by atoms with E-state index in [-0.39, 0.29) is 12.1 Å². The molecule has 6 nitrogen and oxygen atoms in total. The third-order valence-electron chi connectivity index (χ3n) is 3.26. The number of ether oxygens (including phenoxy) is 1. The second-order valence-corrected chi connectivity index (χ2v) is 5.51. The maximum Gasteiger partial charge on any atom is 0.244 e. The Labute approximate surface area is 124 Å². The lowest BCUT2D eigenvalue weighted by Gasteiger charge is -2.03. The van der Waals surface area contributed by atoms with Crippen molar-refractivity contribution in [1.29, 1.82) is 0 Å². The summed E-state index contributed by atoms with van der Waals surface area (Å²) in [7, 11) is 1.61. The van der Waals surface area contributed by atoms with Gasteiger partial charge in [-0.3, -0.25) is 0 Å². The zero-order chi connectivity index (χ0) is 14.1. The molecular weight excluding hydrogens is 326 g/mol. The second kappa shape index (κ2) is 5.51. The molecule has 7 heteroatoms. The minimum atomic E-state index is -0.356. The highest BCUT2D eigenvalue weighted by Gasteiger charge is 2.28. The van der Waals surface area contributed by atoms with Crippen LogP contribution in [0.5, 0.6) is 5.75 Å². The van der Waals surface area contributed by atoms with E-state index in [0.717, 1.165) is 15.8 Å². The highest BCUT2D eigenvalue weighted by Crippen LogP contribution is 2.30. The minimum absolute atomic E-state index is 0.0760. The number of nitrogens with one attached hydrogen (secondary N) is 1. The Morgan fingerprint density at radius 1 is 1.50 bits per heavy atom. The number of benzene rings is 1. The molecule has 2 atom stereocenters. The number of halogens is 1. The van der Waals surface area contributed by atoms with Gasteiger partial charge in [-0.05, 0) is 40.5 Å². The number of aliphatic hydroxyl groups excluding tert-OH is 1. The Balaban J connectivity index is 1.84. The van der Waals surface area contributed by atoms with Gasteiger partial charge in [-0.2, -0.15) is 4.98 Å². The number of nitrogens with zero attached hydrogens (tertiary/aromatic N) is 2. The van der Waals surface area contributed by atoms with Gasteiger partial charge >= 0.3 is 0 Å². The van der Waals surface area contributed by atoms with Crippen LogP contribution in [0.1, 0.15) is 18.4 Å². The molecule has 3 rings (SSSR count). The van der Waals surface area contributed by atoms with Crippen LogP contribution in [0.25, 0.3) is 11.4 Å². The summed E-state index contributed by atoms with van der Waals surface area (Å²) in [5.41, 5.74) is 0.839. The van der Waals surface area contributed by atoms with Gasteiger partial charge in [0.05, 0.1) is 23.7 Å². The fourth-order valence-electron chi connectivity index (χ4n) is 2.20. The van der Waals surface area contributed by atoms with Crippen LogP contribution in [-0.2, 0) is 0 Å². The van der Waals surface area contributed by atoms with Gasteiger partial charge in [-0.15, -0.1) is 0 Å². The zero-order valence-electron chi connectivity index (χ0n) is 10.8. The van der Waals surface area contributed by atoms with Gasteiger partial charge in [-0.1, -0.05) is 5.16 Å². The summed E-state index contributed by atoms with van der Waals surface area (Å²) in [6.07, 6.45) is 0.235. The molecule has 0 aliphatic carbocycles. The van der Waals surface area contributed by atoms with Crippen molar-refractivity contribution in [1.82, 2.24) is 15.5 Å². The van der Waals surface area contributed by atoms with Crippen LogP contribution in [-0.4, -0.2) is 35.0 Å². The maximum absolute atomic E-state index is 9.51. The summed E-state index contributed by atoms with van der Waals surface area (Å²) >= 11 is 3.43. The first-order chi connectivity index (χ1) is 9.67. The monoisotopic (exact) mass is 339 g/mol. The standard InChI is InChI=1S/C13H14BrN3O3/c1-19-11-3-2-7(4-9(11)14)12-16-13(20-17-12)10-5-8(18)6-15-10/h2-4,8,10,15,18H,5-6H2,1H3/t8-,10-/m1/s1. The summed E-state index contributed by atoms with van der Waals surface area (Å²) in [6, 6.07) is 5.51. The van der Waals surface area contributed by atoms with E-state index < -0.39 is 0 Å². The molecule has 106 valence electrons. The smallest absolute Gasteiger partial charge is 0.244 e. The maximum atomic E-state index is 9.51. The van der Waals surface area contributed by atoms with Crippen molar-refractivity contribution in [3.8, 4) is 17.1 Å². The van der Waals surface area contributed by atoms with E-state index in [9.17, 15) is 5.11 Å². The summed E-state index contributed by atoms with van der Waals surface area (Å²) in [6.45, 7) is 0.552. The first kappa shape index (κ1) is 13.5. The van der Waals surface area contributed by atoms with Crippen molar-refractivity contribution in [3.05, 3.63) is 28.6 Å². The third-order valence-corrected chi connectivity index (χ3v) is 3.88. The van der Waals surface area contributed by atoms with Gasteiger partial charge < -0.3 is 19.7 Å². The average molecular weight is 340 g/mol. The Bertz CT molecular complexity index is 617. The van der Waals surface area contributed by atoms with E-state index in [0.29, 0.717) is 24.7 Å². The van der Waals surface area contributed by atoms with Crippen molar-refractivity contribution >= 4 is 15.9 Å². The molecular formula is C13H14BrN3O3. The Kier molecular flexibility index (Phi) is 3.73. The normalized spacial score (nSPS) is 22.1. The molecule has 1 aliphatic heterocycles. The molecule has 0 amide bonds. The lowest BCUT2D eigenvalue weighted by Crippen LogP contribution is -2.15. The number of hydrogen-bond acceptors (Lipinski definition) is 6. The fourth-order valence-corrected chi connectivity index (χ4v) is 2.75. The van der Waals surface area contributed by atoms with Crippen molar-refractivity contribution in [3.63, 3.8) is 0 Å². The van der Waals surface area contributed by atoms with E-state index in [1.807, 2.05) is 18.2 Å².